The van der Waals surface area contributed by atoms with Crippen molar-refractivity contribution in [3.63, 3.8) is 0 Å². The summed E-state index contributed by atoms with van der Waals surface area (Å²) in [5.74, 6) is 0.713. The number of methoxy groups -OCH3 is 1. The Morgan fingerprint density at radius 2 is 1.80 bits per heavy atom. The second-order valence-electron chi connectivity index (χ2n) is 8.10. The third-order valence-electron chi connectivity index (χ3n) is 6.89. The highest BCUT2D eigenvalue weighted by atomic mass is 32.1. The minimum absolute atomic E-state index is 0.220. The smallest absolute Gasteiger partial charge is 0.258 e. The number of ether oxygens (including phenoxy) is 1. The lowest BCUT2D eigenvalue weighted by Crippen LogP contribution is -2.60. The normalized spacial score (nSPS) is 34.1. The van der Waals surface area contributed by atoms with Crippen LogP contribution >= 0.6 is 11.3 Å². The van der Waals surface area contributed by atoms with Gasteiger partial charge in [-0.3, -0.25) is 9.69 Å². The number of hydrogen-bond acceptors (Lipinski definition) is 4. The van der Waals surface area contributed by atoms with Crippen LogP contribution in [0.4, 0.5) is 0 Å². The molecule has 0 spiro atoms. The van der Waals surface area contributed by atoms with Gasteiger partial charge in [0, 0.05) is 43.0 Å². The van der Waals surface area contributed by atoms with Crippen molar-refractivity contribution < 1.29 is 9.53 Å². The van der Waals surface area contributed by atoms with E-state index in [9.17, 15) is 4.79 Å². The van der Waals surface area contributed by atoms with E-state index in [4.69, 9.17) is 10.5 Å². The maximum absolute atomic E-state index is 11.6. The van der Waals surface area contributed by atoms with Crippen molar-refractivity contribution in [1.82, 2.24) is 4.90 Å². The highest BCUT2D eigenvalue weighted by Gasteiger charge is 2.54. The molecule has 5 heteroatoms. The zero-order valence-electron chi connectivity index (χ0n) is 15.2. The molecule has 2 bridgehead atoms. The maximum Gasteiger partial charge on any atom is 0.258 e. The topological polar surface area (TPSA) is 55.6 Å². The number of thiophene rings is 1. The van der Waals surface area contributed by atoms with Crippen molar-refractivity contribution in [2.45, 2.75) is 63.0 Å². The van der Waals surface area contributed by atoms with Gasteiger partial charge in [0.15, 0.2) is 0 Å². The molecule has 1 aromatic heterocycles. The van der Waals surface area contributed by atoms with Crippen LogP contribution < -0.4 is 5.73 Å². The van der Waals surface area contributed by atoms with E-state index >= 15 is 0 Å². The molecule has 1 unspecified atom stereocenters. The van der Waals surface area contributed by atoms with E-state index in [1.807, 2.05) is 13.2 Å². The standard InChI is InChI=1S/C20H30N2O2S/c1-24-20(18-11-10-17(25-18)19(21)23)14-6-5-7-15(20)13-22(12-14)16-8-3-2-4-9-16/h10-11,14-16H,2-9,12-13H2,1H3,(H2,21,23)/t14-,15+,20?. The van der Waals surface area contributed by atoms with Crippen molar-refractivity contribution in [3.8, 4) is 0 Å². The van der Waals surface area contributed by atoms with Gasteiger partial charge in [0.2, 0.25) is 0 Å². The molecule has 3 fully saturated rings. The van der Waals surface area contributed by atoms with Crippen molar-refractivity contribution in [2.24, 2.45) is 17.6 Å². The summed E-state index contributed by atoms with van der Waals surface area (Å²) in [6.07, 6.45) is 10.7. The van der Waals surface area contributed by atoms with E-state index in [0.29, 0.717) is 16.7 Å². The van der Waals surface area contributed by atoms with Gasteiger partial charge in [-0.25, -0.2) is 0 Å². The van der Waals surface area contributed by atoms with Gasteiger partial charge in [0.1, 0.15) is 5.60 Å². The lowest BCUT2D eigenvalue weighted by molar-refractivity contribution is -0.173. The average molecular weight is 363 g/mol. The zero-order chi connectivity index (χ0) is 17.4. The van der Waals surface area contributed by atoms with Gasteiger partial charge in [-0.05, 0) is 37.8 Å². The van der Waals surface area contributed by atoms with Crippen molar-refractivity contribution in [2.75, 3.05) is 20.2 Å². The van der Waals surface area contributed by atoms with Crippen LogP contribution in [0.3, 0.4) is 0 Å². The molecule has 1 amide bonds. The molecule has 1 aliphatic heterocycles. The number of nitrogens with zero attached hydrogens (tertiary/aromatic N) is 1. The quantitative estimate of drug-likeness (QED) is 0.887. The zero-order valence-corrected chi connectivity index (χ0v) is 16.0. The number of carbonyl (C=O) groups is 1. The first-order chi connectivity index (χ1) is 12.1. The van der Waals surface area contributed by atoms with Crippen molar-refractivity contribution >= 4 is 17.2 Å². The molecule has 3 atom stereocenters. The molecule has 2 aliphatic carbocycles. The molecule has 138 valence electrons. The number of nitrogens with two attached hydrogens (primary N) is 1. The molecule has 1 aromatic rings. The summed E-state index contributed by atoms with van der Waals surface area (Å²) >= 11 is 1.55. The molecule has 0 radical (unpaired) electrons. The van der Waals surface area contributed by atoms with E-state index in [1.165, 1.54) is 56.2 Å². The Labute approximate surface area is 154 Å². The lowest BCUT2D eigenvalue weighted by Gasteiger charge is -2.56. The monoisotopic (exact) mass is 362 g/mol. The number of piperidine rings is 1. The van der Waals surface area contributed by atoms with Gasteiger partial charge < -0.3 is 10.5 Å². The van der Waals surface area contributed by atoms with E-state index in [0.717, 1.165) is 19.1 Å². The summed E-state index contributed by atoms with van der Waals surface area (Å²) in [5.41, 5.74) is 5.28. The number of primary amides is 1. The molecule has 1 saturated heterocycles. The Kier molecular flexibility index (Phi) is 4.91. The number of likely N-dealkylation sites (tertiary alicyclic amines) is 1. The Morgan fingerprint density at radius 1 is 1.12 bits per heavy atom. The number of rotatable bonds is 4. The highest BCUT2D eigenvalue weighted by Crippen LogP contribution is 2.53. The van der Waals surface area contributed by atoms with Crippen molar-refractivity contribution in [1.29, 1.82) is 0 Å². The molecular formula is C20H30N2O2S. The number of hydrogen-bond donors (Lipinski definition) is 1. The van der Waals surface area contributed by atoms with E-state index in [2.05, 4.69) is 11.0 Å². The Hall–Kier alpha value is -0.910. The first kappa shape index (κ1) is 17.5. The molecule has 2 N–H and O–H groups in total. The second-order valence-corrected chi connectivity index (χ2v) is 9.18. The average Bonchev–Trinajstić information content (AvgIpc) is 3.12. The third-order valence-corrected chi connectivity index (χ3v) is 8.12. The molecule has 2 saturated carbocycles. The number of amides is 1. The SMILES string of the molecule is COC1(c2ccc(C(N)=O)s2)[C@@H]2CCC[C@H]1CN(C1CCCCC1)C2. The second kappa shape index (κ2) is 7.01. The summed E-state index contributed by atoms with van der Waals surface area (Å²) in [4.78, 5) is 16.2. The minimum atomic E-state index is -0.327. The summed E-state index contributed by atoms with van der Waals surface area (Å²) in [5, 5.41) is 0. The lowest BCUT2D eigenvalue weighted by atomic mass is 9.64. The third kappa shape index (κ3) is 2.94. The van der Waals surface area contributed by atoms with Gasteiger partial charge in [0.25, 0.3) is 5.91 Å². The van der Waals surface area contributed by atoms with Gasteiger partial charge in [-0.15, -0.1) is 11.3 Å². The van der Waals surface area contributed by atoms with Gasteiger partial charge in [0.05, 0.1) is 4.88 Å². The predicted molar refractivity (Wildman–Crippen MR) is 101 cm³/mol. The Bertz CT molecular complexity index is 609. The van der Waals surface area contributed by atoms with Crippen LogP contribution in [0.25, 0.3) is 0 Å². The summed E-state index contributed by atoms with van der Waals surface area (Å²) < 4.78 is 6.29. The largest absolute Gasteiger partial charge is 0.372 e. The van der Waals surface area contributed by atoms with Crippen LogP contribution in [-0.2, 0) is 10.3 Å². The first-order valence-electron chi connectivity index (χ1n) is 9.84. The summed E-state index contributed by atoms with van der Waals surface area (Å²) in [7, 11) is 1.87. The van der Waals surface area contributed by atoms with Crippen LogP contribution in [0, 0.1) is 11.8 Å². The van der Waals surface area contributed by atoms with Crippen LogP contribution in [0.15, 0.2) is 12.1 Å². The number of carbonyl (C=O) groups excluding carboxylic acids is 1. The Balaban J connectivity index is 1.63. The van der Waals surface area contributed by atoms with Crippen LogP contribution in [0.1, 0.15) is 65.9 Å². The predicted octanol–water partition coefficient (Wildman–Crippen LogP) is 3.75. The van der Waals surface area contributed by atoms with Gasteiger partial charge in [-0.1, -0.05) is 25.7 Å². The first-order valence-corrected chi connectivity index (χ1v) is 10.7. The minimum Gasteiger partial charge on any atom is -0.372 e. The molecule has 4 nitrogen and oxygen atoms in total. The molecule has 2 heterocycles. The Morgan fingerprint density at radius 3 is 2.36 bits per heavy atom. The van der Waals surface area contributed by atoms with E-state index in [-0.39, 0.29) is 11.5 Å². The van der Waals surface area contributed by atoms with Gasteiger partial charge in [-0.2, -0.15) is 0 Å². The molecule has 3 aliphatic rings. The van der Waals surface area contributed by atoms with Crippen LogP contribution in [0.2, 0.25) is 0 Å². The van der Waals surface area contributed by atoms with E-state index < -0.39 is 0 Å². The fourth-order valence-electron chi connectivity index (χ4n) is 5.73. The fourth-order valence-corrected chi connectivity index (χ4v) is 6.91. The molecule has 0 aromatic carbocycles. The molecular weight excluding hydrogens is 332 g/mol. The fraction of sp³-hybridized carbons (Fsp3) is 0.750. The molecule has 25 heavy (non-hydrogen) atoms. The van der Waals surface area contributed by atoms with Crippen molar-refractivity contribution in [3.05, 3.63) is 21.9 Å². The number of fused-ring (bicyclic) bond motifs is 2. The summed E-state index contributed by atoms with van der Waals surface area (Å²) in [6, 6.07) is 4.75. The van der Waals surface area contributed by atoms with Crippen LogP contribution in [-0.4, -0.2) is 37.0 Å². The highest BCUT2D eigenvalue weighted by molar-refractivity contribution is 7.14. The maximum atomic E-state index is 11.6. The summed E-state index contributed by atoms with van der Waals surface area (Å²) in [6.45, 7) is 2.28. The molecule has 4 rings (SSSR count). The van der Waals surface area contributed by atoms with Crippen LogP contribution in [0.5, 0.6) is 0 Å². The van der Waals surface area contributed by atoms with E-state index in [1.54, 1.807) is 11.3 Å². The van der Waals surface area contributed by atoms with Gasteiger partial charge >= 0.3 is 0 Å².